The monoisotopic (exact) mass is 561 g/mol. The molecule has 0 spiro atoms. The van der Waals surface area contributed by atoms with Crippen molar-refractivity contribution in [1.82, 2.24) is 20.4 Å². The Labute approximate surface area is 212 Å². The quantitative estimate of drug-likeness (QED) is 0.169. The number of hydrogen-bond acceptors (Lipinski definition) is 4. The summed E-state index contributed by atoms with van der Waals surface area (Å²) in [6, 6.07) is 14.4. The number of aliphatic imine (C=N–C) groups is 1. The van der Waals surface area contributed by atoms with Gasteiger partial charge in [0, 0.05) is 38.1 Å². The van der Waals surface area contributed by atoms with E-state index in [0.717, 1.165) is 41.5 Å². The highest BCUT2D eigenvalue weighted by Gasteiger charge is 2.12. The van der Waals surface area contributed by atoms with Gasteiger partial charge in [-0.15, -0.1) is 30.6 Å². The van der Waals surface area contributed by atoms with Crippen molar-refractivity contribution >= 4 is 29.9 Å². The average molecular weight is 561 g/mol. The second-order valence-electron chi connectivity index (χ2n) is 7.20. The molecule has 2 aromatic carbocycles. The lowest BCUT2D eigenvalue weighted by Gasteiger charge is -2.16. The predicted molar refractivity (Wildman–Crippen MR) is 144 cm³/mol. The van der Waals surface area contributed by atoms with Gasteiger partial charge in [0.25, 0.3) is 0 Å². The molecule has 0 atom stereocenters. The third-order valence-corrected chi connectivity index (χ3v) is 5.07. The standard InChI is InChI=1S/C25H31N5O2.HI/c1-5-7-21-16-20(17-23(31-3)24(21)32-4)18-28-25(26-2)27-14-12-19-8-10-22(11-9-19)30-15-6-13-29-30;/h5-6,8-11,13,15-17H,1,7,12,14,18H2,2-4H3,(H2,26,27,28);1H. The van der Waals surface area contributed by atoms with E-state index in [-0.39, 0.29) is 24.0 Å². The molecule has 1 aromatic heterocycles. The molecule has 176 valence electrons. The minimum absolute atomic E-state index is 0. The molecule has 3 rings (SSSR count). The third-order valence-electron chi connectivity index (χ3n) is 5.07. The van der Waals surface area contributed by atoms with Crippen molar-refractivity contribution in [2.75, 3.05) is 27.8 Å². The summed E-state index contributed by atoms with van der Waals surface area (Å²) in [5.41, 5.74) is 4.42. The Morgan fingerprint density at radius 3 is 2.52 bits per heavy atom. The first-order valence-corrected chi connectivity index (χ1v) is 10.6. The van der Waals surface area contributed by atoms with Crippen LogP contribution in [0.5, 0.6) is 11.5 Å². The van der Waals surface area contributed by atoms with Crippen LogP contribution in [-0.2, 0) is 19.4 Å². The number of nitrogens with zero attached hydrogens (tertiary/aromatic N) is 3. The number of methoxy groups -OCH3 is 2. The summed E-state index contributed by atoms with van der Waals surface area (Å²) in [5.74, 6) is 2.21. The van der Waals surface area contributed by atoms with E-state index < -0.39 is 0 Å². The molecule has 0 radical (unpaired) electrons. The maximum atomic E-state index is 5.51. The van der Waals surface area contributed by atoms with Crippen LogP contribution in [0.4, 0.5) is 0 Å². The number of benzene rings is 2. The van der Waals surface area contributed by atoms with Gasteiger partial charge in [-0.25, -0.2) is 4.68 Å². The highest BCUT2D eigenvalue weighted by Crippen LogP contribution is 2.33. The Morgan fingerprint density at radius 1 is 1.12 bits per heavy atom. The van der Waals surface area contributed by atoms with E-state index in [1.54, 1.807) is 27.5 Å². The normalized spacial score (nSPS) is 10.8. The molecule has 7 nitrogen and oxygen atoms in total. The fourth-order valence-corrected chi connectivity index (χ4v) is 3.48. The van der Waals surface area contributed by atoms with Crippen LogP contribution >= 0.6 is 24.0 Å². The molecular formula is C25H32IN5O2. The molecule has 0 fully saturated rings. The molecule has 0 amide bonds. The third kappa shape index (κ3) is 7.24. The van der Waals surface area contributed by atoms with Crippen molar-refractivity contribution in [3.05, 3.63) is 84.2 Å². The van der Waals surface area contributed by atoms with Gasteiger partial charge in [0.05, 0.1) is 19.9 Å². The van der Waals surface area contributed by atoms with Crippen molar-refractivity contribution in [3.63, 3.8) is 0 Å². The van der Waals surface area contributed by atoms with Crippen LogP contribution in [0, 0.1) is 0 Å². The Kier molecular flexibility index (Phi) is 10.8. The van der Waals surface area contributed by atoms with E-state index >= 15 is 0 Å². The topological polar surface area (TPSA) is 72.7 Å². The first kappa shape index (κ1) is 26.2. The molecule has 0 saturated carbocycles. The maximum absolute atomic E-state index is 5.51. The fourth-order valence-electron chi connectivity index (χ4n) is 3.48. The van der Waals surface area contributed by atoms with Gasteiger partial charge in [-0.1, -0.05) is 18.2 Å². The summed E-state index contributed by atoms with van der Waals surface area (Å²) < 4.78 is 12.9. The van der Waals surface area contributed by atoms with Crippen molar-refractivity contribution < 1.29 is 9.47 Å². The van der Waals surface area contributed by atoms with Gasteiger partial charge in [-0.3, -0.25) is 4.99 Å². The largest absolute Gasteiger partial charge is 0.493 e. The highest BCUT2D eigenvalue weighted by molar-refractivity contribution is 14.0. The Hall–Kier alpha value is -3.01. The molecule has 3 aromatic rings. The first-order valence-electron chi connectivity index (χ1n) is 10.6. The zero-order chi connectivity index (χ0) is 22.8. The molecule has 0 saturated heterocycles. The van der Waals surface area contributed by atoms with E-state index in [1.165, 1.54) is 5.56 Å². The first-order chi connectivity index (χ1) is 15.7. The molecule has 2 N–H and O–H groups in total. The van der Waals surface area contributed by atoms with Crippen molar-refractivity contribution in [2.45, 2.75) is 19.4 Å². The average Bonchev–Trinajstić information content (AvgIpc) is 3.36. The SMILES string of the molecule is C=CCc1cc(CNC(=NC)NCCc2ccc(-n3cccn3)cc2)cc(OC)c1OC.I. The van der Waals surface area contributed by atoms with E-state index in [9.17, 15) is 0 Å². The number of hydrogen-bond donors (Lipinski definition) is 2. The van der Waals surface area contributed by atoms with E-state index in [1.807, 2.05) is 29.1 Å². The van der Waals surface area contributed by atoms with E-state index in [2.05, 4.69) is 57.6 Å². The minimum atomic E-state index is 0. The minimum Gasteiger partial charge on any atom is -0.493 e. The Balaban J connectivity index is 0.00000385. The second-order valence-corrected chi connectivity index (χ2v) is 7.20. The number of halogens is 1. The van der Waals surface area contributed by atoms with Gasteiger partial charge in [0.1, 0.15) is 0 Å². The maximum Gasteiger partial charge on any atom is 0.191 e. The lowest BCUT2D eigenvalue weighted by molar-refractivity contribution is 0.352. The van der Waals surface area contributed by atoms with Gasteiger partial charge in [0.2, 0.25) is 0 Å². The van der Waals surface area contributed by atoms with Crippen molar-refractivity contribution in [1.29, 1.82) is 0 Å². The Bertz CT molecular complexity index is 1030. The molecule has 0 aliphatic heterocycles. The molecule has 0 bridgehead atoms. The van der Waals surface area contributed by atoms with Gasteiger partial charge in [0.15, 0.2) is 17.5 Å². The van der Waals surface area contributed by atoms with Gasteiger partial charge in [-0.05, 0) is 54.3 Å². The fraction of sp³-hybridized carbons (Fsp3) is 0.280. The second kappa shape index (κ2) is 13.5. The zero-order valence-corrected chi connectivity index (χ0v) is 21.7. The highest BCUT2D eigenvalue weighted by atomic mass is 127. The molecular weight excluding hydrogens is 529 g/mol. The lowest BCUT2D eigenvalue weighted by Crippen LogP contribution is -2.37. The number of nitrogens with one attached hydrogen (secondary N) is 2. The Morgan fingerprint density at radius 2 is 1.91 bits per heavy atom. The summed E-state index contributed by atoms with van der Waals surface area (Å²) in [6.07, 6.45) is 7.17. The van der Waals surface area contributed by atoms with Gasteiger partial charge < -0.3 is 20.1 Å². The van der Waals surface area contributed by atoms with Gasteiger partial charge in [-0.2, -0.15) is 5.10 Å². The smallest absolute Gasteiger partial charge is 0.191 e. The molecule has 8 heteroatoms. The zero-order valence-electron chi connectivity index (χ0n) is 19.4. The number of guanidine groups is 1. The van der Waals surface area contributed by atoms with Gasteiger partial charge >= 0.3 is 0 Å². The van der Waals surface area contributed by atoms with Crippen LogP contribution in [0.3, 0.4) is 0 Å². The summed E-state index contributed by atoms with van der Waals surface area (Å²) in [5, 5.41) is 11.0. The van der Waals surface area contributed by atoms with Crippen LogP contribution < -0.4 is 20.1 Å². The number of aromatic nitrogens is 2. The number of allylic oxidation sites excluding steroid dienone is 1. The predicted octanol–water partition coefficient (Wildman–Crippen LogP) is 4.14. The number of ether oxygens (including phenoxy) is 2. The molecule has 33 heavy (non-hydrogen) atoms. The summed E-state index contributed by atoms with van der Waals surface area (Å²) in [4.78, 5) is 4.33. The van der Waals surface area contributed by atoms with Crippen molar-refractivity contribution in [3.8, 4) is 17.2 Å². The van der Waals surface area contributed by atoms with Crippen LogP contribution in [0.15, 0.2) is 72.5 Å². The van der Waals surface area contributed by atoms with Crippen LogP contribution in [0.1, 0.15) is 16.7 Å². The molecule has 0 aliphatic rings. The van der Waals surface area contributed by atoms with E-state index in [4.69, 9.17) is 9.47 Å². The van der Waals surface area contributed by atoms with Crippen LogP contribution in [0.25, 0.3) is 5.69 Å². The molecule has 0 unspecified atom stereocenters. The summed E-state index contributed by atoms with van der Waals surface area (Å²) in [7, 11) is 5.07. The molecule has 1 heterocycles. The van der Waals surface area contributed by atoms with Crippen LogP contribution in [-0.4, -0.2) is 43.6 Å². The number of rotatable bonds is 10. The van der Waals surface area contributed by atoms with E-state index in [0.29, 0.717) is 18.7 Å². The summed E-state index contributed by atoms with van der Waals surface area (Å²) in [6.45, 7) is 5.22. The molecule has 0 aliphatic carbocycles. The lowest BCUT2D eigenvalue weighted by atomic mass is 10.1. The summed E-state index contributed by atoms with van der Waals surface area (Å²) >= 11 is 0. The van der Waals surface area contributed by atoms with Crippen molar-refractivity contribution in [2.24, 2.45) is 4.99 Å². The van der Waals surface area contributed by atoms with Crippen LogP contribution in [0.2, 0.25) is 0 Å².